The largest absolute Gasteiger partial charge is 0.487 e. The van der Waals surface area contributed by atoms with Crippen LogP contribution in [0.1, 0.15) is 24.0 Å². The minimum Gasteiger partial charge on any atom is -0.487 e. The Hall–Kier alpha value is -1.58. The van der Waals surface area contributed by atoms with Gasteiger partial charge in [0.05, 0.1) is 6.20 Å². The van der Waals surface area contributed by atoms with Gasteiger partial charge in [0.2, 0.25) is 0 Å². The molecule has 4 heteroatoms. The maximum atomic E-state index is 6.13. The second kappa shape index (κ2) is 6.25. The Labute approximate surface area is 123 Å². The third-order valence-electron chi connectivity index (χ3n) is 3.37. The summed E-state index contributed by atoms with van der Waals surface area (Å²) in [5, 5.41) is 4.22. The lowest BCUT2D eigenvalue weighted by atomic mass is 10.2. The predicted octanol–water partition coefficient (Wildman–Crippen LogP) is 3.57. The number of hydrogen-bond donors (Lipinski definition) is 1. The van der Waals surface area contributed by atoms with Gasteiger partial charge in [-0.2, -0.15) is 0 Å². The molecule has 1 aliphatic rings. The second-order valence-corrected chi connectivity index (χ2v) is 5.43. The predicted molar refractivity (Wildman–Crippen MR) is 79.9 cm³/mol. The summed E-state index contributed by atoms with van der Waals surface area (Å²) in [4.78, 5) is 4.14. The van der Waals surface area contributed by atoms with Crippen LogP contribution in [0.25, 0.3) is 0 Å². The van der Waals surface area contributed by atoms with Crippen molar-refractivity contribution >= 4 is 11.6 Å². The average molecular weight is 289 g/mol. The van der Waals surface area contributed by atoms with Crippen LogP contribution in [0.5, 0.6) is 5.75 Å². The molecule has 3 rings (SSSR count). The molecule has 1 aromatic carbocycles. The number of halogens is 1. The summed E-state index contributed by atoms with van der Waals surface area (Å²) in [5.41, 5.74) is 2.12. The van der Waals surface area contributed by atoms with E-state index in [0.29, 0.717) is 12.6 Å². The van der Waals surface area contributed by atoms with Crippen molar-refractivity contribution in [2.75, 3.05) is 0 Å². The van der Waals surface area contributed by atoms with E-state index in [9.17, 15) is 0 Å². The van der Waals surface area contributed by atoms with Crippen LogP contribution in [0.4, 0.5) is 0 Å². The fourth-order valence-corrected chi connectivity index (χ4v) is 2.19. The number of aromatic nitrogens is 1. The highest BCUT2D eigenvalue weighted by Gasteiger charge is 2.20. The van der Waals surface area contributed by atoms with Gasteiger partial charge >= 0.3 is 0 Å². The van der Waals surface area contributed by atoms with E-state index in [1.165, 1.54) is 12.8 Å². The summed E-state index contributed by atoms with van der Waals surface area (Å²) in [7, 11) is 0. The molecule has 1 heterocycles. The third kappa shape index (κ3) is 3.50. The molecule has 20 heavy (non-hydrogen) atoms. The number of benzene rings is 1. The molecular weight excluding hydrogens is 272 g/mol. The number of nitrogens with zero attached hydrogens (tertiary/aromatic N) is 1. The Morgan fingerprint density at radius 3 is 2.85 bits per heavy atom. The quantitative estimate of drug-likeness (QED) is 0.882. The van der Waals surface area contributed by atoms with Crippen LogP contribution in [-0.4, -0.2) is 11.0 Å². The number of rotatable bonds is 6. The van der Waals surface area contributed by atoms with E-state index in [-0.39, 0.29) is 0 Å². The highest BCUT2D eigenvalue weighted by Crippen LogP contribution is 2.23. The first-order chi connectivity index (χ1) is 9.83. The van der Waals surface area contributed by atoms with Gasteiger partial charge in [-0.25, -0.2) is 0 Å². The standard InChI is InChI=1S/C16H17ClN2O/c17-15-4-2-1-3-13(15)11-20-16-10-18-8-7-12(16)9-19-14-5-6-14/h1-4,7-8,10,14,19H,5-6,9,11H2. The highest BCUT2D eigenvalue weighted by atomic mass is 35.5. The maximum Gasteiger partial charge on any atom is 0.142 e. The Morgan fingerprint density at radius 2 is 2.05 bits per heavy atom. The first-order valence-corrected chi connectivity index (χ1v) is 7.23. The Balaban J connectivity index is 1.65. The molecular formula is C16H17ClN2O. The van der Waals surface area contributed by atoms with Crippen molar-refractivity contribution in [1.29, 1.82) is 0 Å². The van der Waals surface area contributed by atoms with Crippen molar-refractivity contribution in [2.45, 2.75) is 32.0 Å². The smallest absolute Gasteiger partial charge is 0.142 e. The molecule has 0 unspecified atom stereocenters. The highest BCUT2D eigenvalue weighted by molar-refractivity contribution is 6.31. The van der Waals surface area contributed by atoms with Crippen LogP contribution in [-0.2, 0) is 13.2 Å². The molecule has 2 aromatic rings. The normalized spacial score (nSPS) is 14.2. The van der Waals surface area contributed by atoms with E-state index in [1.807, 2.05) is 30.3 Å². The number of nitrogens with one attached hydrogen (secondary N) is 1. The van der Waals surface area contributed by atoms with Crippen LogP contribution >= 0.6 is 11.6 Å². The molecule has 0 saturated heterocycles. The summed E-state index contributed by atoms with van der Waals surface area (Å²) >= 11 is 6.13. The number of ether oxygens (including phenoxy) is 1. The van der Waals surface area contributed by atoms with E-state index in [0.717, 1.165) is 28.4 Å². The van der Waals surface area contributed by atoms with Crippen LogP contribution in [0, 0.1) is 0 Å². The molecule has 3 nitrogen and oxygen atoms in total. The van der Waals surface area contributed by atoms with E-state index in [1.54, 1.807) is 12.4 Å². The van der Waals surface area contributed by atoms with Gasteiger partial charge in [0.25, 0.3) is 0 Å². The van der Waals surface area contributed by atoms with E-state index in [4.69, 9.17) is 16.3 Å². The van der Waals surface area contributed by atoms with Crippen LogP contribution in [0.2, 0.25) is 5.02 Å². The van der Waals surface area contributed by atoms with E-state index >= 15 is 0 Å². The molecule has 104 valence electrons. The van der Waals surface area contributed by atoms with Gasteiger partial charge < -0.3 is 10.1 Å². The maximum absolute atomic E-state index is 6.13. The zero-order valence-electron chi connectivity index (χ0n) is 11.2. The molecule has 1 aromatic heterocycles. The Bertz CT molecular complexity index is 584. The minimum atomic E-state index is 0.460. The van der Waals surface area contributed by atoms with Crippen molar-refractivity contribution in [3.63, 3.8) is 0 Å². The molecule has 1 fully saturated rings. The molecule has 1 aliphatic carbocycles. The van der Waals surface area contributed by atoms with Crippen molar-refractivity contribution in [3.05, 3.63) is 58.9 Å². The van der Waals surface area contributed by atoms with Crippen LogP contribution in [0.15, 0.2) is 42.7 Å². The molecule has 0 atom stereocenters. The lowest BCUT2D eigenvalue weighted by Crippen LogP contribution is -2.16. The van der Waals surface area contributed by atoms with Gasteiger partial charge in [-0.1, -0.05) is 29.8 Å². The minimum absolute atomic E-state index is 0.460. The number of hydrogen-bond acceptors (Lipinski definition) is 3. The SMILES string of the molecule is Clc1ccccc1COc1cnccc1CNC1CC1. The van der Waals surface area contributed by atoms with Crippen LogP contribution < -0.4 is 10.1 Å². The van der Waals surface area contributed by atoms with Crippen molar-refractivity contribution in [2.24, 2.45) is 0 Å². The van der Waals surface area contributed by atoms with Gasteiger partial charge in [-0.3, -0.25) is 4.98 Å². The van der Waals surface area contributed by atoms with Crippen molar-refractivity contribution < 1.29 is 4.74 Å². The van der Waals surface area contributed by atoms with Gasteiger partial charge in [0.15, 0.2) is 0 Å². The molecule has 0 bridgehead atoms. The fourth-order valence-electron chi connectivity index (χ4n) is 2.00. The summed E-state index contributed by atoms with van der Waals surface area (Å²) in [6.07, 6.45) is 6.12. The first kappa shape index (κ1) is 13.4. The fraction of sp³-hybridized carbons (Fsp3) is 0.312. The van der Waals surface area contributed by atoms with Crippen molar-refractivity contribution in [1.82, 2.24) is 10.3 Å². The molecule has 0 spiro atoms. The summed E-state index contributed by atoms with van der Waals surface area (Å²) in [5.74, 6) is 0.820. The zero-order valence-corrected chi connectivity index (χ0v) is 11.9. The molecule has 1 saturated carbocycles. The molecule has 1 N–H and O–H groups in total. The van der Waals surface area contributed by atoms with Crippen molar-refractivity contribution in [3.8, 4) is 5.75 Å². The molecule has 0 radical (unpaired) electrons. The van der Waals surface area contributed by atoms with Gasteiger partial charge in [-0.05, 0) is 25.0 Å². The zero-order chi connectivity index (χ0) is 13.8. The Morgan fingerprint density at radius 1 is 1.20 bits per heavy atom. The van der Waals surface area contributed by atoms with E-state index < -0.39 is 0 Å². The second-order valence-electron chi connectivity index (χ2n) is 5.02. The molecule has 0 amide bonds. The summed E-state index contributed by atoms with van der Waals surface area (Å²) < 4.78 is 5.87. The lowest BCUT2D eigenvalue weighted by Gasteiger charge is -2.12. The van der Waals surface area contributed by atoms with Gasteiger partial charge in [0, 0.05) is 34.9 Å². The monoisotopic (exact) mass is 288 g/mol. The summed E-state index contributed by atoms with van der Waals surface area (Å²) in [6.45, 7) is 1.28. The van der Waals surface area contributed by atoms with Crippen LogP contribution in [0.3, 0.4) is 0 Å². The van der Waals surface area contributed by atoms with Gasteiger partial charge in [0.1, 0.15) is 12.4 Å². The molecule has 0 aliphatic heterocycles. The summed E-state index contributed by atoms with van der Waals surface area (Å²) in [6, 6.07) is 10.4. The van der Waals surface area contributed by atoms with E-state index in [2.05, 4.69) is 10.3 Å². The first-order valence-electron chi connectivity index (χ1n) is 6.85. The number of pyridine rings is 1. The Kier molecular flexibility index (Phi) is 4.19. The topological polar surface area (TPSA) is 34.1 Å². The van der Waals surface area contributed by atoms with Gasteiger partial charge in [-0.15, -0.1) is 0 Å². The lowest BCUT2D eigenvalue weighted by molar-refractivity contribution is 0.301. The third-order valence-corrected chi connectivity index (χ3v) is 3.74. The average Bonchev–Trinajstić information content (AvgIpc) is 3.29.